The number of aliphatic hydroxyl groups is 1. The molecule has 2 rings (SSSR count). The van der Waals surface area contributed by atoms with Gasteiger partial charge < -0.3 is 5.11 Å². The molecule has 1 nitrogen and oxygen atoms in total. The molecule has 0 amide bonds. The average Bonchev–Trinajstić information content (AvgIpc) is 2.36. The lowest BCUT2D eigenvalue weighted by atomic mass is 9.87. The van der Waals surface area contributed by atoms with Crippen LogP contribution < -0.4 is 0 Å². The van der Waals surface area contributed by atoms with E-state index in [0.29, 0.717) is 16.5 Å². The first kappa shape index (κ1) is 15.4. The van der Waals surface area contributed by atoms with Gasteiger partial charge in [0.25, 0.3) is 0 Å². The van der Waals surface area contributed by atoms with Gasteiger partial charge in [-0.15, -0.1) is 0 Å². The molecule has 2 aromatic carbocycles. The Hall–Kier alpha value is -1.02. The molecular formula is C17H18Cl2O. The molecular weight excluding hydrogens is 291 g/mol. The van der Waals surface area contributed by atoms with Crippen molar-refractivity contribution in [1.82, 2.24) is 0 Å². The molecule has 106 valence electrons. The van der Waals surface area contributed by atoms with E-state index in [1.165, 1.54) is 11.1 Å². The molecule has 0 saturated heterocycles. The molecule has 1 atom stereocenters. The van der Waals surface area contributed by atoms with E-state index >= 15 is 0 Å². The fraction of sp³-hybridized carbons (Fsp3) is 0.294. The summed E-state index contributed by atoms with van der Waals surface area (Å²) in [4.78, 5) is 0. The highest BCUT2D eigenvalue weighted by molar-refractivity contribution is 6.33. The molecule has 0 aliphatic carbocycles. The molecule has 0 aliphatic heterocycles. The quantitative estimate of drug-likeness (QED) is 0.840. The fourth-order valence-electron chi connectivity index (χ4n) is 2.23. The van der Waals surface area contributed by atoms with Gasteiger partial charge in [0.15, 0.2) is 0 Å². The van der Waals surface area contributed by atoms with Crippen LogP contribution in [0.15, 0.2) is 36.4 Å². The summed E-state index contributed by atoms with van der Waals surface area (Å²) in [5.74, 6) is 0. The SMILES string of the molecule is Cc1ccc(C(C)(O)Cc2cc(Cl)ccc2Cl)cc1C. The Labute approximate surface area is 130 Å². The van der Waals surface area contributed by atoms with Crippen LogP contribution in [0.4, 0.5) is 0 Å². The zero-order valence-corrected chi connectivity index (χ0v) is 13.4. The van der Waals surface area contributed by atoms with Crippen molar-refractivity contribution >= 4 is 23.2 Å². The Balaban J connectivity index is 2.34. The van der Waals surface area contributed by atoms with E-state index < -0.39 is 5.60 Å². The van der Waals surface area contributed by atoms with E-state index in [1.807, 2.05) is 25.1 Å². The van der Waals surface area contributed by atoms with Crippen LogP contribution in [0.3, 0.4) is 0 Å². The largest absolute Gasteiger partial charge is 0.385 e. The number of hydrogen-bond donors (Lipinski definition) is 1. The Morgan fingerprint density at radius 2 is 1.70 bits per heavy atom. The first-order chi connectivity index (χ1) is 9.29. The maximum absolute atomic E-state index is 10.8. The van der Waals surface area contributed by atoms with Crippen LogP contribution in [-0.4, -0.2) is 5.11 Å². The summed E-state index contributed by atoms with van der Waals surface area (Å²) in [5, 5.41) is 12.0. The molecule has 2 aromatic rings. The van der Waals surface area contributed by atoms with Crippen LogP contribution in [0.25, 0.3) is 0 Å². The van der Waals surface area contributed by atoms with Gasteiger partial charge in [0, 0.05) is 16.5 Å². The van der Waals surface area contributed by atoms with Crippen molar-refractivity contribution in [3.63, 3.8) is 0 Å². The highest BCUT2D eigenvalue weighted by Gasteiger charge is 2.25. The summed E-state index contributed by atoms with van der Waals surface area (Å²) >= 11 is 12.2. The summed E-state index contributed by atoms with van der Waals surface area (Å²) in [6.45, 7) is 5.90. The predicted molar refractivity (Wildman–Crippen MR) is 85.7 cm³/mol. The van der Waals surface area contributed by atoms with Crippen molar-refractivity contribution in [1.29, 1.82) is 0 Å². The maximum Gasteiger partial charge on any atom is 0.0909 e. The summed E-state index contributed by atoms with van der Waals surface area (Å²) in [7, 11) is 0. The molecule has 0 saturated carbocycles. The molecule has 0 spiro atoms. The highest BCUT2D eigenvalue weighted by Crippen LogP contribution is 2.31. The first-order valence-corrected chi connectivity index (χ1v) is 7.29. The zero-order chi connectivity index (χ0) is 14.9. The molecule has 3 heteroatoms. The highest BCUT2D eigenvalue weighted by atomic mass is 35.5. The lowest BCUT2D eigenvalue weighted by Crippen LogP contribution is -2.24. The standard InChI is InChI=1S/C17H18Cl2O/c1-11-4-5-14(8-12(11)2)17(3,20)10-13-9-15(18)6-7-16(13)19/h4-9,20H,10H2,1-3H3. The molecule has 0 bridgehead atoms. The number of aryl methyl sites for hydroxylation is 2. The monoisotopic (exact) mass is 308 g/mol. The van der Waals surface area contributed by atoms with Crippen molar-refractivity contribution in [3.05, 3.63) is 68.7 Å². The second-order valence-corrected chi connectivity index (χ2v) is 6.33. The van der Waals surface area contributed by atoms with Crippen molar-refractivity contribution in [3.8, 4) is 0 Å². The van der Waals surface area contributed by atoms with E-state index in [2.05, 4.69) is 6.92 Å². The topological polar surface area (TPSA) is 20.2 Å². The number of benzene rings is 2. The normalized spacial score (nSPS) is 14.1. The zero-order valence-electron chi connectivity index (χ0n) is 11.9. The minimum atomic E-state index is -0.979. The Kier molecular flexibility index (Phi) is 4.43. The van der Waals surface area contributed by atoms with Crippen LogP contribution in [-0.2, 0) is 12.0 Å². The fourth-order valence-corrected chi connectivity index (χ4v) is 2.61. The smallest absolute Gasteiger partial charge is 0.0909 e. The molecule has 20 heavy (non-hydrogen) atoms. The van der Waals surface area contributed by atoms with Gasteiger partial charge >= 0.3 is 0 Å². The predicted octanol–water partition coefficient (Wildman–Crippen LogP) is 5.06. The van der Waals surface area contributed by atoms with Crippen molar-refractivity contribution in [2.24, 2.45) is 0 Å². The lowest BCUT2D eigenvalue weighted by Gasteiger charge is -2.25. The molecule has 0 aliphatic rings. The van der Waals surface area contributed by atoms with Gasteiger partial charge in [-0.1, -0.05) is 41.4 Å². The van der Waals surface area contributed by atoms with Gasteiger partial charge in [0.05, 0.1) is 5.60 Å². The van der Waals surface area contributed by atoms with E-state index in [9.17, 15) is 5.11 Å². The Morgan fingerprint density at radius 3 is 2.35 bits per heavy atom. The van der Waals surface area contributed by atoms with Crippen LogP contribution in [0.1, 0.15) is 29.2 Å². The summed E-state index contributed by atoms with van der Waals surface area (Å²) < 4.78 is 0. The maximum atomic E-state index is 10.8. The molecule has 0 heterocycles. The molecule has 0 fully saturated rings. The molecule has 0 aromatic heterocycles. The van der Waals surface area contributed by atoms with Crippen LogP contribution >= 0.6 is 23.2 Å². The van der Waals surface area contributed by atoms with Crippen LogP contribution in [0.2, 0.25) is 10.0 Å². The van der Waals surface area contributed by atoms with Crippen molar-refractivity contribution in [2.75, 3.05) is 0 Å². The second-order valence-electron chi connectivity index (χ2n) is 5.49. The van der Waals surface area contributed by atoms with E-state index in [-0.39, 0.29) is 0 Å². The second kappa shape index (κ2) is 5.77. The van der Waals surface area contributed by atoms with Crippen molar-refractivity contribution in [2.45, 2.75) is 32.8 Å². The first-order valence-electron chi connectivity index (χ1n) is 6.53. The lowest BCUT2D eigenvalue weighted by molar-refractivity contribution is 0.0576. The molecule has 1 unspecified atom stereocenters. The molecule has 1 N–H and O–H groups in total. The van der Waals surface area contributed by atoms with Crippen LogP contribution in [0.5, 0.6) is 0 Å². The third kappa shape index (κ3) is 3.35. The van der Waals surface area contributed by atoms with Gasteiger partial charge in [0.1, 0.15) is 0 Å². The Morgan fingerprint density at radius 1 is 1.00 bits per heavy atom. The van der Waals surface area contributed by atoms with E-state index in [1.54, 1.807) is 25.1 Å². The minimum absolute atomic E-state index is 0.425. The van der Waals surface area contributed by atoms with E-state index in [4.69, 9.17) is 23.2 Å². The van der Waals surface area contributed by atoms with Gasteiger partial charge in [-0.3, -0.25) is 0 Å². The van der Waals surface area contributed by atoms with Gasteiger partial charge in [-0.2, -0.15) is 0 Å². The van der Waals surface area contributed by atoms with Crippen LogP contribution in [0, 0.1) is 13.8 Å². The van der Waals surface area contributed by atoms with Gasteiger partial charge in [-0.25, -0.2) is 0 Å². The molecule has 0 radical (unpaired) electrons. The summed E-state index contributed by atoms with van der Waals surface area (Å²) in [6, 6.07) is 11.3. The van der Waals surface area contributed by atoms with Gasteiger partial charge in [-0.05, 0) is 61.2 Å². The van der Waals surface area contributed by atoms with E-state index in [0.717, 1.165) is 11.1 Å². The number of rotatable bonds is 3. The average molecular weight is 309 g/mol. The summed E-state index contributed by atoms with van der Waals surface area (Å²) in [5.41, 5.74) is 3.14. The number of halogens is 2. The number of hydrogen-bond acceptors (Lipinski definition) is 1. The third-order valence-electron chi connectivity index (χ3n) is 3.67. The van der Waals surface area contributed by atoms with Gasteiger partial charge in [0.2, 0.25) is 0 Å². The minimum Gasteiger partial charge on any atom is -0.385 e. The Bertz CT molecular complexity index is 633. The van der Waals surface area contributed by atoms with Crippen molar-refractivity contribution < 1.29 is 5.11 Å². The third-order valence-corrected chi connectivity index (χ3v) is 4.28. The summed E-state index contributed by atoms with van der Waals surface area (Å²) in [6.07, 6.45) is 0.425.